The van der Waals surface area contributed by atoms with Crippen LogP contribution >= 0.6 is 15.9 Å². The van der Waals surface area contributed by atoms with E-state index < -0.39 is 0 Å². The maximum absolute atomic E-state index is 12.4. The number of halogens is 1. The first-order valence-electron chi connectivity index (χ1n) is 6.29. The number of furan rings is 1. The summed E-state index contributed by atoms with van der Waals surface area (Å²) in [5.41, 5.74) is 1.12. The van der Waals surface area contributed by atoms with Crippen LogP contribution in [0.5, 0.6) is 0 Å². The topological polar surface area (TPSA) is 33.5 Å². The zero-order valence-electron chi connectivity index (χ0n) is 10.8. The Morgan fingerprint density at radius 1 is 1.21 bits per heavy atom. The molecule has 1 amide bonds. The van der Waals surface area contributed by atoms with Crippen molar-refractivity contribution in [2.45, 2.75) is 19.9 Å². The van der Waals surface area contributed by atoms with Crippen molar-refractivity contribution < 1.29 is 9.21 Å². The summed E-state index contributed by atoms with van der Waals surface area (Å²) in [6.07, 6.45) is 0.917. The van der Waals surface area contributed by atoms with Gasteiger partial charge in [0.15, 0.2) is 10.4 Å². The third kappa shape index (κ3) is 3.70. The summed E-state index contributed by atoms with van der Waals surface area (Å²) in [6.45, 7) is 3.38. The van der Waals surface area contributed by atoms with E-state index in [9.17, 15) is 4.79 Å². The molecule has 0 unspecified atom stereocenters. The molecule has 0 bridgehead atoms. The van der Waals surface area contributed by atoms with Gasteiger partial charge in [-0.2, -0.15) is 0 Å². The number of carbonyl (C=O) groups excluding carboxylic acids is 1. The van der Waals surface area contributed by atoms with Gasteiger partial charge in [0.2, 0.25) is 0 Å². The molecule has 0 spiro atoms. The molecule has 0 radical (unpaired) electrons. The first kappa shape index (κ1) is 13.9. The molecule has 4 heteroatoms. The van der Waals surface area contributed by atoms with E-state index in [-0.39, 0.29) is 5.91 Å². The molecule has 0 saturated carbocycles. The molecule has 1 heterocycles. The minimum atomic E-state index is -0.0728. The van der Waals surface area contributed by atoms with Gasteiger partial charge in [-0.05, 0) is 40.0 Å². The van der Waals surface area contributed by atoms with Gasteiger partial charge in [0, 0.05) is 13.1 Å². The fraction of sp³-hybridized carbons (Fsp3) is 0.267. The molecule has 1 aromatic heterocycles. The Morgan fingerprint density at radius 3 is 2.53 bits per heavy atom. The van der Waals surface area contributed by atoms with Gasteiger partial charge in [0.1, 0.15) is 0 Å². The maximum Gasteiger partial charge on any atom is 0.289 e. The van der Waals surface area contributed by atoms with Crippen molar-refractivity contribution in [1.29, 1.82) is 0 Å². The highest BCUT2D eigenvalue weighted by molar-refractivity contribution is 9.10. The molecule has 3 nitrogen and oxygen atoms in total. The van der Waals surface area contributed by atoms with Crippen molar-refractivity contribution in [1.82, 2.24) is 4.90 Å². The molecule has 0 N–H and O–H groups in total. The van der Waals surface area contributed by atoms with Gasteiger partial charge in [0.25, 0.3) is 5.91 Å². The van der Waals surface area contributed by atoms with Crippen molar-refractivity contribution in [3.63, 3.8) is 0 Å². The molecule has 0 fully saturated rings. The molecule has 0 aliphatic heterocycles. The summed E-state index contributed by atoms with van der Waals surface area (Å²) in [5, 5.41) is 0. The standard InChI is InChI=1S/C15H16BrNO2/c1-2-10-17(11-12-6-4-3-5-7-12)15(18)13-8-9-14(16)19-13/h3-9H,2,10-11H2,1H3. The number of hydrogen-bond acceptors (Lipinski definition) is 2. The van der Waals surface area contributed by atoms with Gasteiger partial charge in [-0.15, -0.1) is 0 Å². The molecule has 2 rings (SSSR count). The van der Waals surface area contributed by atoms with Crippen molar-refractivity contribution >= 4 is 21.8 Å². The Labute approximate surface area is 121 Å². The summed E-state index contributed by atoms with van der Waals surface area (Å²) >= 11 is 3.22. The number of rotatable bonds is 5. The second-order valence-corrected chi connectivity index (χ2v) is 5.10. The van der Waals surface area contributed by atoms with Gasteiger partial charge in [-0.25, -0.2) is 0 Å². The summed E-state index contributed by atoms with van der Waals surface area (Å²) in [5.74, 6) is 0.299. The van der Waals surface area contributed by atoms with Crippen LogP contribution in [0.2, 0.25) is 0 Å². The number of nitrogens with zero attached hydrogens (tertiary/aromatic N) is 1. The molecule has 1 aromatic carbocycles. The maximum atomic E-state index is 12.4. The molecule has 0 aliphatic carbocycles. The van der Waals surface area contributed by atoms with Gasteiger partial charge in [-0.3, -0.25) is 4.79 Å². The van der Waals surface area contributed by atoms with E-state index in [1.807, 2.05) is 30.3 Å². The SMILES string of the molecule is CCCN(Cc1ccccc1)C(=O)c1ccc(Br)o1. The van der Waals surface area contributed by atoms with Crippen LogP contribution in [-0.4, -0.2) is 17.4 Å². The summed E-state index contributed by atoms with van der Waals surface area (Å²) < 4.78 is 5.91. The van der Waals surface area contributed by atoms with E-state index >= 15 is 0 Å². The smallest absolute Gasteiger partial charge is 0.289 e. The van der Waals surface area contributed by atoms with Crippen LogP contribution in [-0.2, 0) is 6.54 Å². The minimum Gasteiger partial charge on any atom is -0.444 e. The lowest BCUT2D eigenvalue weighted by molar-refractivity contribution is 0.0709. The quantitative estimate of drug-likeness (QED) is 0.830. The summed E-state index contributed by atoms with van der Waals surface area (Å²) in [4.78, 5) is 14.2. The van der Waals surface area contributed by atoms with E-state index in [0.717, 1.165) is 12.0 Å². The predicted molar refractivity (Wildman–Crippen MR) is 77.9 cm³/mol. The average Bonchev–Trinajstić information content (AvgIpc) is 2.85. The first-order chi connectivity index (χ1) is 9.20. The van der Waals surface area contributed by atoms with E-state index in [0.29, 0.717) is 23.5 Å². The Balaban J connectivity index is 2.13. The molecule has 0 aliphatic rings. The first-order valence-corrected chi connectivity index (χ1v) is 7.08. The summed E-state index contributed by atoms with van der Waals surface area (Å²) in [6, 6.07) is 13.4. The molecular formula is C15H16BrNO2. The lowest BCUT2D eigenvalue weighted by Crippen LogP contribution is -2.31. The average molecular weight is 322 g/mol. The fourth-order valence-electron chi connectivity index (χ4n) is 1.91. The normalized spacial score (nSPS) is 10.4. The van der Waals surface area contributed by atoms with Crippen LogP contribution in [0.3, 0.4) is 0 Å². The van der Waals surface area contributed by atoms with Gasteiger partial charge in [-0.1, -0.05) is 37.3 Å². The molecule has 2 aromatic rings. The van der Waals surface area contributed by atoms with E-state index in [2.05, 4.69) is 22.9 Å². The Hall–Kier alpha value is -1.55. The van der Waals surface area contributed by atoms with Crippen LogP contribution in [0, 0.1) is 0 Å². The van der Waals surface area contributed by atoms with Crippen LogP contribution in [0.25, 0.3) is 0 Å². The van der Waals surface area contributed by atoms with Crippen molar-refractivity contribution in [3.8, 4) is 0 Å². The van der Waals surface area contributed by atoms with Crippen molar-refractivity contribution in [2.75, 3.05) is 6.54 Å². The van der Waals surface area contributed by atoms with Crippen molar-refractivity contribution in [3.05, 3.63) is 58.5 Å². The largest absolute Gasteiger partial charge is 0.444 e. The van der Waals surface area contributed by atoms with Crippen molar-refractivity contribution in [2.24, 2.45) is 0 Å². The number of hydrogen-bond donors (Lipinski definition) is 0. The zero-order chi connectivity index (χ0) is 13.7. The number of benzene rings is 1. The Morgan fingerprint density at radius 2 is 1.95 bits per heavy atom. The lowest BCUT2D eigenvalue weighted by Gasteiger charge is -2.21. The molecular weight excluding hydrogens is 306 g/mol. The molecule has 100 valence electrons. The number of amides is 1. The third-order valence-electron chi connectivity index (χ3n) is 2.78. The predicted octanol–water partition coefficient (Wildman–Crippen LogP) is 4.09. The summed E-state index contributed by atoms with van der Waals surface area (Å²) in [7, 11) is 0. The zero-order valence-corrected chi connectivity index (χ0v) is 12.4. The monoisotopic (exact) mass is 321 g/mol. The molecule has 0 saturated heterocycles. The van der Waals surface area contributed by atoms with Crippen LogP contribution < -0.4 is 0 Å². The third-order valence-corrected chi connectivity index (χ3v) is 3.21. The van der Waals surface area contributed by atoms with Crippen LogP contribution in [0.15, 0.2) is 51.6 Å². The van der Waals surface area contributed by atoms with E-state index in [1.165, 1.54) is 0 Å². The van der Waals surface area contributed by atoms with E-state index in [4.69, 9.17) is 4.42 Å². The highest BCUT2D eigenvalue weighted by Crippen LogP contribution is 2.17. The second-order valence-electron chi connectivity index (χ2n) is 4.32. The Bertz CT molecular complexity index is 536. The highest BCUT2D eigenvalue weighted by atomic mass is 79.9. The minimum absolute atomic E-state index is 0.0728. The van der Waals surface area contributed by atoms with Gasteiger partial charge < -0.3 is 9.32 Å². The van der Waals surface area contributed by atoms with Gasteiger partial charge >= 0.3 is 0 Å². The van der Waals surface area contributed by atoms with Crippen LogP contribution in [0.4, 0.5) is 0 Å². The molecule has 0 atom stereocenters. The fourth-order valence-corrected chi connectivity index (χ4v) is 2.22. The lowest BCUT2D eigenvalue weighted by atomic mass is 10.2. The van der Waals surface area contributed by atoms with Gasteiger partial charge in [0.05, 0.1) is 0 Å². The second kappa shape index (κ2) is 6.57. The Kier molecular flexibility index (Phi) is 4.80. The van der Waals surface area contributed by atoms with Crippen LogP contribution in [0.1, 0.15) is 29.5 Å². The highest BCUT2D eigenvalue weighted by Gasteiger charge is 2.18. The number of carbonyl (C=O) groups is 1. The molecule has 19 heavy (non-hydrogen) atoms. The van der Waals surface area contributed by atoms with E-state index in [1.54, 1.807) is 17.0 Å².